The Bertz CT molecular complexity index is 1330. The number of ether oxygens (including phenoxy) is 1. The van der Waals surface area contributed by atoms with Gasteiger partial charge in [-0.15, -0.1) is 11.3 Å². The monoisotopic (exact) mass is 487 g/mol. The summed E-state index contributed by atoms with van der Waals surface area (Å²) >= 11 is 1.41. The Balaban J connectivity index is 1.48. The second-order valence-electron chi connectivity index (χ2n) is 7.72. The highest BCUT2D eigenvalue weighted by Gasteiger charge is 2.27. The first-order chi connectivity index (χ1) is 15.8. The molecule has 1 fully saturated rings. The SMILES string of the molecule is CCc1cc(C#N)c(NC(=O)CCc2nc3cc(S(=O)(=O)N4CCOCC4)ccc3n2C)s1. The molecule has 1 aliphatic rings. The Morgan fingerprint density at radius 1 is 1.30 bits per heavy atom. The van der Waals surface area contributed by atoms with E-state index in [1.165, 1.54) is 15.6 Å². The first-order valence-electron chi connectivity index (χ1n) is 10.7. The summed E-state index contributed by atoms with van der Waals surface area (Å²) in [7, 11) is -1.76. The van der Waals surface area contributed by atoms with E-state index in [0.29, 0.717) is 54.6 Å². The molecule has 0 atom stereocenters. The maximum absolute atomic E-state index is 12.9. The van der Waals surface area contributed by atoms with Gasteiger partial charge in [0.2, 0.25) is 15.9 Å². The Morgan fingerprint density at radius 2 is 2.06 bits per heavy atom. The van der Waals surface area contributed by atoms with E-state index in [-0.39, 0.29) is 17.2 Å². The van der Waals surface area contributed by atoms with Crippen LogP contribution in [-0.4, -0.2) is 54.5 Å². The number of benzene rings is 1. The molecule has 1 aliphatic heterocycles. The second-order valence-corrected chi connectivity index (χ2v) is 10.8. The minimum Gasteiger partial charge on any atom is -0.379 e. The summed E-state index contributed by atoms with van der Waals surface area (Å²) in [6.07, 6.45) is 1.38. The number of sulfonamides is 1. The van der Waals surface area contributed by atoms with Crippen LogP contribution in [0.25, 0.3) is 11.0 Å². The van der Waals surface area contributed by atoms with Crippen LogP contribution >= 0.6 is 11.3 Å². The van der Waals surface area contributed by atoms with Gasteiger partial charge in [0, 0.05) is 37.9 Å². The number of nitrogens with zero attached hydrogens (tertiary/aromatic N) is 4. The molecular formula is C22H25N5O4S2. The summed E-state index contributed by atoms with van der Waals surface area (Å²) in [6.45, 7) is 3.44. The number of amides is 1. The van der Waals surface area contributed by atoms with E-state index in [1.54, 1.807) is 24.3 Å². The summed E-state index contributed by atoms with van der Waals surface area (Å²) in [6, 6.07) is 8.84. The summed E-state index contributed by atoms with van der Waals surface area (Å²) in [5.74, 6) is 0.487. The van der Waals surface area contributed by atoms with Crippen LogP contribution in [0.4, 0.5) is 5.00 Å². The molecule has 1 saturated heterocycles. The molecule has 4 rings (SSSR count). The number of morpholine rings is 1. The lowest BCUT2D eigenvalue weighted by molar-refractivity contribution is -0.116. The van der Waals surface area contributed by atoms with Gasteiger partial charge in [0.15, 0.2) is 0 Å². The van der Waals surface area contributed by atoms with Crippen LogP contribution in [0.3, 0.4) is 0 Å². The number of fused-ring (bicyclic) bond motifs is 1. The lowest BCUT2D eigenvalue weighted by Gasteiger charge is -2.26. The van der Waals surface area contributed by atoms with Crippen molar-refractivity contribution in [3.8, 4) is 6.07 Å². The molecule has 3 heterocycles. The molecule has 0 bridgehead atoms. The number of imidazole rings is 1. The molecule has 2 aromatic heterocycles. The van der Waals surface area contributed by atoms with Gasteiger partial charge in [-0.25, -0.2) is 13.4 Å². The zero-order chi connectivity index (χ0) is 23.6. The van der Waals surface area contributed by atoms with E-state index in [0.717, 1.165) is 16.8 Å². The van der Waals surface area contributed by atoms with Crippen LogP contribution in [0.2, 0.25) is 0 Å². The van der Waals surface area contributed by atoms with Gasteiger partial charge < -0.3 is 14.6 Å². The fourth-order valence-corrected chi connectivity index (χ4v) is 6.15. The van der Waals surface area contributed by atoms with Gasteiger partial charge in [-0.2, -0.15) is 9.57 Å². The zero-order valence-corrected chi connectivity index (χ0v) is 20.1. The first kappa shape index (κ1) is 23.4. The van der Waals surface area contributed by atoms with Crippen molar-refractivity contribution in [3.05, 3.63) is 40.5 Å². The van der Waals surface area contributed by atoms with E-state index in [4.69, 9.17) is 4.74 Å². The van der Waals surface area contributed by atoms with Crippen LogP contribution in [0.1, 0.15) is 29.6 Å². The molecule has 0 aliphatic carbocycles. The highest BCUT2D eigenvalue weighted by atomic mass is 32.2. The molecule has 9 nitrogen and oxygen atoms in total. The third-order valence-electron chi connectivity index (χ3n) is 5.63. The summed E-state index contributed by atoms with van der Waals surface area (Å²) in [4.78, 5) is 18.3. The van der Waals surface area contributed by atoms with Crippen molar-refractivity contribution >= 4 is 43.3 Å². The standard InChI is InChI=1S/C22H25N5O4S2/c1-3-16-12-15(14-23)22(32-16)25-21(28)7-6-20-24-18-13-17(4-5-19(18)26(20)2)33(29,30)27-8-10-31-11-9-27/h4-5,12-13H,3,6-11H2,1-2H3,(H,25,28). The quantitative estimate of drug-likeness (QED) is 0.548. The van der Waals surface area contributed by atoms with Gasteiger partial charge in [-0.3, -0.25) is 4.79 Å². The van der Waals surface area contributed by atoms with Crippen molar-refractivity contribution < 1.29 is 17.9 Å². The zero-order valence-electron chi connectivity index (χ0n) is 18.5. The molecule has 33 heavy (non-hydrogen) atoms. The largest absolute Gasteiger partial charge is 0.379 e. The lowest BCUT2D eigenvalue weighted by Crippen LogP contribution is -2.40. The Morgan fingerprint density at radius 3 is 2.76 bits per heavy atom. The predicted molar refractivity (Wildman–Crippen MR) is 126 cm³/mol. The van der Waals surface area contributed by atoms with Crippen LogP contribution < -0.4 is 5.32 Å². The predicted octanol–water partition coefficient (Wildman–Crippen LogP) is 2.66. The van der Waals surface area contributed by atoms with Crippen LogP contribution in [0.15, 0.2) is 29.2 Å². The summed E-state index contributed by atoms with van der Waals surface area (Å²) in [5.41, 5.74) is 1.84. The van der Waals surface area contributed by atoms with E-state index in [2.05, 4.69) is 16.4 Å². The number of hydrogen-bond acceptors (Lipinski definition) is 7. The maximum Gasteiger partial charge on any atom is 0.243 e. The van der Waals surface area contributed by atoms with Gasteiger partial charge >= 0.3 is 0 Å². The normalized spacial score (nSPS) is 14.9. The smallest absolute Gasteiger partial charge is 0.243 e. The molecule has 11 heteroatoms. The summed E-state index contributed by atoms with van der Waals surface area (Å²) in [5, 5.41) is 12.7. The molecule has 174 valence electrons. The highest BCUT2D eigenvalue weighted by molar-refractivity contribution is 7.89. The van der Waals surface area contributed by atoms with Gasteiger partial charge in [-0.05, 0) is 30.7 Å². The van der Waals surface area contributed by atoms with Crippen molar-refractivity contribution in [2.45, 2.75) is 31.1 Å². The molecular weight excluding hydrogens is 462 g/mol. The van der Waals surface area contributed by atoms with Crippen LogP contribution in [0.5, 0.6) is 0 Å². The number of carbonyl (C=O) groups is 1. The topological polar surface area (TPSA) is 117 Å². The molecule has 0 spiro atoms. The summed E-state index contributed by atoms with van der Waals surface area (Å²) < 4.78 is 34.4. The number of thiophene rings is 1. The number of rotatable bonds is 7. The van der Waals surface area contributed by atoms with E-state index in [1.807, 2.05) is 18.5 Å². The average molecular weight is 488 g/mol. The third kappa shape index (κ3) is 4.79. The van der Waals surface area contributed by atoms with E-state index >= 15 is 0 Å². The molecule has 0 unspecified atom stereocenters. The van der Waals surface area contributed by atoms with Crippen molar-refractivity contribution in [1.29, 1.82) is 5.26 Å². The molecule has 1 amide bonds. The number of nitriles is 1. The minimum atomic E-state index is -3.61. The molecule has 3 aromatic rings. The highest BCUT2D eigenvalue weighted by Crippen LogP contribution is 2.28. The molecule has 0 saturated carbocycles. The number of carbonyl (C=O) groups excluding carboxylic acids is 1. The van der Waals surface area contributed by atoms with Gasteiger partial charge in [0.1, 0.15) is 16.9 Å². The number of hydrogen-bond donors (Lipinski definition) is 1. The number of aromatic nitrogens is 2. The first-order valence-corrected chi connectivity index (χ1v) is 12.9. The number of nitrogens with one attached hydrogen (secondary N) is 1. The Labute approximate surface area is 196 Å². The maximum atomic E-state index is 12.9. The number of anilines is 1. The fraction of sp³-hybridized carbons (Fsp3) is 0.409. The van der Waals surface area contributed by atoms with Crippen molar-refractivity contribution in [2.24, 2.45) is 7.05 Å². The van der Waals surface area contributed by atoms with Crippen LogP contribution in [0, 0.1) is 11.3 Å². The lowest BCUT2D eigenvalue weighted by atomic mass is 10.2. The third-order valence-corrected chi connectivity index (χ3v) is 8.72. The van der Waals surface area contributed by atoms with E-state index in [9.17, 15) is 18.5 Å². The van der Waals surface area contributed by atoms with E-state index < -0.39 is 10.0 Å². The van der Waals surface area contributed by atoms with Crippen molar-refractivity contribution in [2.75, 3.05) is 31.6 Å². The average Bonchev–Trinajstić information content (AvgIpc) is 3.37. The fourth-order valence-electron chi connectivity index (χ4n) is 3.76. The van der Waals surface area contributed by atoms with Crippen LogP contribution in [-0.2, 0) is 39.4 Å². The van der Waals surface area contributed by atoms with Gasteiger partial charge in [-0.1, -0.05) is 6.92 Å². The van der Waals surface area contributed by atoms with Gasteiger partial charge in [0.05, 0.1) is 34.7 Å². The second kappa shape index (κ2) is 9.61. The molecule has 0 radical (unpaired) electrons. The Hall–Kier alpha value is -2.78. The molecule has 1 aromatic carbocycles. The minimum absolute atomic E-state index is 0.195. The van der Waals surface area contributed by atoms with Crippen molar-refractivity contribution in [1.82, 2.24) is 13.9 Å². The molecule has 1 N–H and O–H groups in total. The van der Waals surface area contributed by atoms with Gasteiger partial charge in [0.25, 0.3) is 0 Å². The van der Waals surface area contributed by atoms with Crippen molar-refractivity contribution in [3.63, 3.8) is 0 Å². The Kier molecular flexibility index (Phi) is 6.81. The number of aryl methyl sites for hydroxylation is 3.